The molecule has 1 heterocycles. The number of carbonyl (C=O) groups excluding carboxylic acids is 3. The molecule has 2 fully saturated rings. The van der Waals surface area contributed by atoms with E-state index in [1.165, 1.54) is 5.01 Å². The number of carbonyl (C=O) groups is 3. The predicted molar refractivity (Wildman–Crippen MR) is 108 cm³/mol. The number of hydrazine groups is 1. The zero-order valence-electron chi connectivity index (χ0n) is 17.5. The molecule has 11 heteroatoms. The summed E-state index contributed by atoms with van der Waals surface area (Å²) in [6.45, 7) is 0.188. The second kappa shape index (κ2) is 10.3. The zero-order chi connectivity index (χ0) is 23.3. The fourth-order valence-corrected chi connectivity index (χ4v) is 4.38. The summed E-state index contributed by atoms with van der Waals surface area (Å²) in [6.07, 6.45) is 0.673. The van der Waals surface area contributed by atoms with Crippen LogP contribution < -0.4 is 10.7 Å². The summed E-state index contributed by atoms with van der Waals surface area (Å²) < 4.78 is 38.2. The van der Waals surface area contributed by atoms with Crippen LogP contribution in [0.2, 0.25) is 0 Å². The van der Waals surface area contributed by atoms with Crippen molar-refractivity contribution in [2.24, 2.45) is 11.8 Å². The number of nitrogens with zero attached hydrogens (tertiary/aromatic N) is 2. The molecule has 3 amide bonds. The number of hydrogen-bond donors (Lipinski definition) is 3. The molecule has 2 atom stereocenters. The first-order chi connectivity index (χ1) is 15.2. The Balaban J connectivity index is 1.68. The third-order valence-electron chi connectivity index (χ3n) is 6.00. The van der Waals surface area contributed by atoms with Gasteiger partial charge in [0.2, 0.25) is 18.2 Å². The second-order valence-corrected chi connectivity index (χ2v) is 8.30. The van der Waals surface area contributed by atoms with E-state index in [1.54, 1.807) is 0 Å². The molecule has 1 aliphatic heterocycles. The van der Waals surface area contributed by atoms with Gasteiger partial charge in [-0.05, 0) is 43.0 Å². The fraction of sp³-hybridized carbons (Fsp3) is 0.571. The maximum atomic E-state index is 13.2. The van der Waals surface area contributed by atoms with Crippen molar-refractivity contribution in [1.82, 2.24) is 15.5 Å². The van der Waals surface area contributed by atoms with E-state index in [4.69, 9.17) is 0 Å². The number of alkyl halides is 3. The van der Waals surface area contributed by atoms with E-state index in [9.17, 15) is 32.8 Å². The predicted octanol–water partition coefficient (Wildman–Crippen LogP) is 2.79. The molecule has 1 saturated heterocycles. The Morgan fingerprint density at radius 2 is 1.88 bits per heavy atom. The summed E-state index contributed by atoms with van der Waals surface area (Å²) in [5.74, 6) is -1.30. The molecular weight excluding hydrogens is 429 g/mol. The van der Waals surface area contributed by atoms with Crippen LogP contribution in [0.5, 0.6) is 0 Å². The molecule has 1 aromatic carbocycles. The first kappa shape index (κ1) is 24.0. The highest BCUT2D eigenvalue weighted by atomic mass is 19.4. The number of anilines is 1. The number of amides is 3. The fourth-order valence-electron chi connectivity index (χ4n) is 4.38. The Labute approximate surface area is 183 Å². The lowest BCUT2D eigenvalue weighted by molar-refractivity contribution is -0.159. The number of halogens is 3. The third-order valence-corrected chi connectivity index (χ3v) is 6.00. The van der Waals surface area contributed by atoms with Gasteiger partial charge in [-0.25, -0.2) is 10.5 Å². The summed E-state index contributed by atoms with van der Waals surface area (Å²) in [4.78, 5) is 36.9. The highest BCUT2D eigenvalue weighted by Crippen LogP contribution is 2.32. The number of hydroxylamine groups is 2. The lowest BCUT2D eigenvalue weighted by Gasteiger charge is -2.30. The molecule has 176 valence electrons. The standard InChI is InChI=1S/C21H27F3N4O4/c22-21(23,24)16-5-7-17(8-6-16)26-19(30)18-9-10-25-28(18)20(31)15(12-27(32)13-29)11-14-3-1-2-4-14/h5-8,13-15,18,25,32H,1-4,9-12H2,(H,26,30)/t15-,18+/m1/s1. The zero-order valence-corrected chi connectivity index (χ0v) is 17.5. The van der Waals surface area contributed by atoms with Crippen molar-refractivity contribution < 1.29 is 32.8 Å². The molecule has 0 aromatic heterocycles. The van der Waals surface area contributed by atoms with E-state index in [0.717, 1.165) is 49.9 Å². The van der Waals surface area contributed by atoms with Gasteiger partial charge in [-0.1, -0.05) is 25.7 Å². The van der Waals surface area contributed by atoms with Crippen LogP contribution in [-0.4, -0.2) is 52.6 Å². The van der Waals surface area contributed by atoms with Gasteiger partial charge in [-0.15, -0.1) is 0 Å². The SMILES string of the molecule is O=CN(O)C[C@@H](CC1CCCC1)C(=O)N1NCC[C@H]1C(=O)Nc1ccc(C(F)(F)F)cc1. The van der Waals surface area contributed by atoms with E-state index >= 15 is 0 Å². The van der Waals surface area contributed by atoms with Crippen molar-refractivity contribution in [1.29, 1.82) is 0 Å². The summed E-state index contributed by atoms with van der Waals surface area (Å²) in [5, 5.41) is 13.9. The molecule has 0 bridgehead atoms. The first-order valence-electron chi connectivity index (χ1n) is 10.6. The van der Waals surface area contributed by atoms with Crippen molar-refractivity contribution in [3.63, 3.8) is 0 Å². The topological polar surface area (TPSA) is 102 Å². The largest absolute Gasteiger partial charge is 0.416 e. The number of nitrogens with one attached hydrogen (secondary N) is 2. The van der Waals surface area contributed by atoms with Crippen molar-refractivity contribution in [2.45, 2.75) is 50.7 Å². The van der Waals surface area contributed by atoms with Crippen LogP contribution in [0.1, 0.15) is 44.1 Å². The van der Waals surface area contributed by atoms with E-state index in [2.05, 4.69) is 10.7 Å². The van der Waals surface area contributed by atoms with Crippen LogP contribution in [0.15, 0.2) is 24.3 Å². The smallest absolute Gasteiger partial charge is 0.324 e. The molecule has 1 aliphatic carbocycles. The normalized spacial score (nSPS) is 20.2. The molecule has 3 rings (SSSR count). The minimum absolute atomic E-state index is 0.176. The van der Waals surface area contributed by atoms with E-state index in [-0.39, 0.29) is 18.6 Å². The van der Waals surface area contributed by atoms with Gasteiger partial charge in [0.1, 0.15) is 6.04 Å². The van der Waals surface area contributed by atoms with Crippen molar-refractivity contribution in [3.05, 3.63) is 29.8 Å². The minimum atomic E-state index is -4.47. The van der Waals surface area contributed by atoms with Gasteiger partial charge >= 0.3 is 6.18 Å². The van der Waals surface area contributed by atoms with Crippen molar-refractivity contribution in [2.75, 3.05) is 18.4 Å². The van der Waals surface area contributed by atoms with Gasteiger partial charge in [0.25, 0.3) is 0 Å². The number of benzene rings is 1. The Morgan fingerprint density at radius 1 is 1.22 bits per heavy atom. The maximum Gasteiger partial charge on any atom is 0.416 e. The van der Waals surface area contributed by atoms with E-state index in [0.29, 0.717) is 30.4 Å². The average molecular weight is 456 g/mol. The third kappa shape index (κ3) is 5.98. The molecule has 0 unspecified atom stereocenters. The molecule has 8 nitrogen and oxygen atoms in total. The average Bonchev–Trinajstić information content (AvgIpc) is 3.44. The van der Waals surface area contributed by atoms with Crippen LogP contribution in [-0.2, 0) is 20.6 Å². The monoisotopic (exact) mass is 456 g/mol. The van der Waals surface area contributed by atoms with Gasteiger partial charge < -0.3 is 5.32 Å². The molecule has 2 aliphatic rings. The Morgan fingerprint density at radius 3 is 2.47 bits per heavy atom. The van der Waals surface area contributed by atoms with Gasteiger partial charge in [-0.3, -0.25) is 24.6 Å². The van der Waals surface area contributed by atoms with Gasteiger partial charge in [-0.2, -0.15) is 13.2 Å². The molecule has 0 radical (unpaired) electrons. The molecule has 1 saturated carbocycles. The molecule has 32 heavy (non-hydrogen) atoms. The Bertz CT molecular complexity index is 812. The number of rotatable bonds is 8. The van der Waals surface area contributed by atoms with Gasteiger partial charge in [0, 0.05) is 12.2 Å². The quantitative estimate of drug-likeness (QED) is 0.317. The molecule has 1 aromatic rings. The summed E-state index contributed by atoms with van der Waals surface area (Å²) >= 11 is 0. The maximum absolute atomic E-state index is 13.2. The lowest BCUT2D eigenvalue weighted by Crippen LogP contribution is -2.51. The molecular formula is C21H27F3N4O4. The van der Waals surface area contributed by atoms with Crippen LogP contribution >= 0.6 is 0 Å². The van der Waals surface area contributed by atoms with Gasteiger partial charge in [0.05, 0.1) is 18.0 Å². The van der Waals surface area contributed by atoms with Crippen molar-refractivity contribution >= 4 is 23.9 Å². The van der Waals surface area contributed by atoms with Crippen LogP contribution in [0.25, 0.3) is 0 Å². The summed E-state index contributed by atoms with van der Waals surface area (Å²) in [7, 11) is 0. The summed E-state index contributed by atoms with van der Waals surface area (Å²) in [5.41, 5.74) is 2.25. The highest BCUT2D eigenvalue weighted by Gasteiger charge is 2.39. The van der Waals surface area contributed by atoms with Crippen LogP contribution in [0.4, 0.5) is 18.9 Å². The Hall–Kier alpha value is -2.66. The molecule has 0 spiro atoms. The van der Waals surface area contributed by atoms with E-state index in [1.807, 2.05) is 0 Å². The number of hydrogen-bond acceptors (Lipinski definition) is 5. The first-order valence-corrected chi connectivity index (χ1v) is 10.6. The lowest BCUT2D eigenvalue weighted by atomic mass is 9.92. The Kier molecular flexibility index (Phi) is 7.73. The van der Waals surface area contributed by atoms with Crippen molar-refractivity contribution in [3.8, 4) is 0 Å². The summed E-state index contributed by atoms with van der Waals surface area (Å²) in [6, 6.07) is 3.20. The highest BCUT2D eigenvalue weighted by molar-refractivity contribution is 5.97. The van der Waals surface area contributed by atoms with Crippen LogP contribution in [0, 0.1) is 11.8 Å². The second-order valence-electron chi connectivity index (χ2n) is 8.30. The van der Waals surface area contributed by atoms with Gasteiger partial charge in [0.15, 0.2) is 0 Å². The van der Waals surface area contributed by atoms with E-state index < -0.39 is 35.5 Å². The molecule has 3 N–H and O–H groups in total. The van der Waals surface area contributed by atoms with Crippen LogP contribution in [0.3, 0.4) is 0 Å². The minimum Gasteiger partial charge on any atom is -0.324 e.